The fourth-order valence-electron chi connectivity index (χ4n) is 4.04. The second kappa shape index (κ2) is 16.0. The van der Waals surface area contributed by atoms with E-state index < -0.39 is 24.0 Å². The van der Waals surface area contributed by atoms with Crippen LogP contribution in [0.4, 0.5) is 9.59 Å². The van der Waals surface area contributed by atoms with Crippen LogP contribution in [0.3, 0.4) is 0 Å². The highest BCUT2D eigenvalue weighted by molar-refractivity contribution is 7.40. The maximum Gasteiger partial charge on any atom is 0.348 e. The molecule has 4 aromatic rings. The lowest BCUT2D eigenvalue weighted by atomic mass is 10.1. The van der Waals surface area contributed by atoms with Crippen molar-refractivity contribution in [3.8, 4) is 11.5 Å². The van der Waals surface area contributed by atoms with Crippen molar-refractivity contribution in [2.24, 2.45) is 21.7 Å². The highest BCUT2D eigenvalue weighted by atomic mass is 32.2. The Morgan fingerprint density at radius 1 is 0.696 bits per heavy atom. The summed E-state index contributed by atoms with van der Waals surface area (Å²) in [6, 6.07) is 12.2. The lowest BCUT2D eigenvalue weighted by Crippen LogP contribution is -2.24. The number of hydrogen-bond donors (Lipinski definition) is 4. The summed E-state index contributed by atoms with van der Waals surface area (Å²) in [6.45, 7) is 3.78. The molecule has 0 saturated carbocycles. The number of urea groups is 2. The van der Waals surface area contributed by atoms with E-state index in [0.717, 1.165) is 0 Å². The number of benzene rings is 2. The summed E-state index contributed by atoms with van der Waals surface area (Å²) in [5, 5.41) is 8.11. The molecular formula is C30H30N6O8S2. The van der Waals surface area contributed by atoms with Gasteiger partial charge in [0.05, 0.1) is 29.7 Å². The maximum absolute atomic E-state index is 13.0. The van der Waals surface area contributed by atoms with Crippen LogP contribution in [0, 0.1) is 0 Å². The topological polar surface area (TPSA) is 206 Å². The van der Waals surface area contributed by atoms with Crippen LogP contribution in [-0.4, -0.2) is 49.6 Å². The van der Waals surface area contributed by atoms with Crippen LogP contribution in [-0.2, 0) is 22.7 Å². The van der Waals surface area contributed by atoms with E-state index in [1.807, 2.05) is 0 Å². The highest BCUT2D eigenvalue weighted by Gasteiger charge is 2.29. The van der Waals surface area contributed by atoms with Crippen molar-refractivity contribution in [1.29, 1.82) is 0 Å². The van der Waals surface area contributed by atoms with Gasteiger partial charge in [0.25, 0.3) is 0 Å². The van der Waals surface area contributed by atoms with Gasteiger partial charge in [-0.1, -0.05) is 0 Å². The van der Waals surface area contributed by atoms with Crippen molar-refractivity contribution in [3.05, 3.63) is 80.5 Å². The molecule has 0 aliphatic heterocycles. The first-order valence-corrected chi connectivity index (χ1v) is 15.4. The zero-order chi connectivity index (χ0) is 33.1. The molecule has 16 heteroatoms. The van der Waals surface area contributed by atoms with Crippen molar-refractivity contribution in [3.63, 3.8) is 0 Å². The van der Waals surface area contributed by atoms with E-state index in [4.69, 9.17) is 30.4 Å². The summed E-state index contributed by atoms with van der Waals surface area (Å²) in [5.74, 6) is -0.00349. The molecule has 240 valence electrons. The molecule has 0 unspecified atom stereocenters. The summed E-state index contributed by atoms with van der Waals surface area (Å²) in [5.41, 5.74) is 16.7. The molecule has 14 nitrogen and oxygen atoms in total. The van der Waals surface area contributed by atoms with Crippen LogP contribution in [0.15, 0.2) is 58.7 Å². The lowest BCUT2D eigenvalue weighted by molar-refractivity contribution is 0.0520. The van der Waals surface area contributed by atoms with E-state index in [-0.39, 0.29) is 26.4 Å². The Bertz CT molecular complexity index is 1640. The Morgan fingerprint density at radius 3 is 1.43 bits per heavy atom. The highest BCUT2D eigenvalue weighted by Crippen LogP contribution is 2.43. The Kier molecular flexibility index (Phi) is 11.6. The van der Waals surface area contributed by atoms with Crippen LogP contribution >= 0.6 is 22.7 Å². The Balaban J connectivity index is 1.65. The van der Waals surface area contributed by atoms with Gasteiger partial charge in [0.2, 0.25) is 0 Å². The van der Waals surface area contributed by atoms with Crippen LogP contribution in [0.1, 0.15) is 55.4 Å². The molecule has 6 N–H and O–H groups in total. The van der Waals surface area contributed by atoms with E-state index >= 15 is 0 Å². The van der Waals surface area contributed by atoms with Gasteiger partial charge in [0.15, 0.2) is 0 Å². The fourth-order valence-corrected chi connectivity index (χ4v) is 6.62. The number of nitrogens with two attached hydrogens (primary N) is 2. The van der Waals surface area contributed by atoms with Gasteiger partial charge < -0.3 is 30.4 Å². The second-order valence-corrected chi connectivity index (χ2v) is 11.4. The third-order valence-electron chi connectivity index (χ3n) is 5.97. The van der Waals surface area contributed by atoms with E-state index in [9.17, 15) is 19.2 Å². The van der Waals surface area contributed by atoms with E-state index in [2.05, 4.69) is 21.1 Å². The standard InChI is InChI=1S/C30H30N6O8S2/c1-3-41-26(37)24-21(15-43-19-9-5-17(6-10-19)13-33-35-29(31)39)23-22(25(27(38)42-4-2)46-28(23)45-24)16-44-20-11-7-18(8-12-20)14-34-36-30(32)40/h5-14H,3-4,15-16H2,1-2H3,(H3,31,35,39)(H3,32,36,40)/b33-13+,34-14+. The first-order chi connectivity index (χ1) is 22.2. The first-order valence-electron chi connectivity index (χ1n) is 13.7. The number of carbonyl (C=O) groups is 4. The quantitative estimate of drug-likeness (QED) is 0.0855. The molecule has 4 rings (SSSR count). The molecule has 0 aliphatic rings. The number of amides is 4. The normalized spacial score (nSPS) is 11.1. The van der Waals surface area contributed by atoms with Crippen molar-refractivity contribution in [2.75, 3.05) is 13.2 Å². The Labute approximate surface area is 270 Å². The minimum Gasteiger partial charge on any atom is -0.489 e. The predicted octanol–water partition coefficient (Wildman–Crippen LogP) is 4.48. The number of thiophene rings is 2. The largest absolute Gasteiger partial charge is 0.489 e. The van der Waals surface area contributed by atoms with Crippen molar-refractivity contribution >= 4 is 68.5 Å². The number of primary amides is 2. The maximum atomic E-state index is 13.0. The van der Waals surface area contributed by atoms with Gasteiger partial charge in [-0.2, -0.15) is 10.2 Å². The molecule has 0 saturated heterocycles. The summed E-state index contributed by atoms with van der Waals surface area (Å²) >= 11 is 2.42. The van der Waals surface area contributed by atoms with Gasteiger partial charge >= 0.3 is 24.0 Å². The number of ether oxygens (including phenoxy) is 4. The summed E-state index contributed by atoms with van der Waals surface area (Å²) < 4.78 is 23.5. The molecule has 0 bridgehead atoms. The van der Waals surface area contributed by atoms with E-state index in [1.165, 1.54) is 35.1 Å². The SMILES string of the molecule is CCOC(=O)c1sc2sc(C(=O)OCC)c(COc3ccc(/C=N/NC(N)=O)cc3)c2c1COc1ccc(/C=N/NC(N)=O)cc1. The molecule has 4 amide bonds. The van der Waals surface area contributed by atoms with Crippen LogP contribution in [0.25, 0.3) is 9.40 Å². The number of carbonyl (C=O) groups excluding carboxylic acids is 4. The molecule has 0 fully saturated rings. The van der Waals surface area contributed by atoms with E-state index in [1.54, 1.807) is 62.4 Å². The smallest absolute Gasteiger partial charge is 0.348 e. The van der Waals surface area contributed by atoms with Crippen molar-refractivity contribution in [1.82, 2.24) is 10.9 Å². The lowest BCUT2D eigenvalue weighted by Gasteiger charge is -2.11. The van der Waals surface area contributed by atoms with Crippen LogP contribution in [0.5, 0.6) is 11.5 Å². The van der Waals surface area contributed by atoms with Crippen LogP contribution < -0.4 is 31.8 Å². The van der Waals surface area contributed by atoms with Gasteiger partial charge in [-0.3, -0.25) is 0 Å². The van der Waals surface area contributed by atoms with Gasteiger partial charge in [-0.05, 0) is 73.5 Å². The summed E-state index contributed by atoms with van der Waals surface area (Å²) in [6.07, 6.45) is 2.85. The minimum atomic E-state index is -0.778. The van der Waals surface area contributed by atoms with Gasteiger partial charge in [-0.25, -0.2) is 30.0 Å². The Hall–Kier alpha value is -5.48. The number of nitrogens with zero attached hydrogens (tertiary/aromatic N) is 2. The van der Waals surface area contributed by atoms with Crippen LogP contribution in [0.2, 0.25) is 0 Å². The molecule has 0 radical (unpaired) electrons. The minimum absolute atomic E-state index is 0.00974. The zero-order valence-corrected chi connectivity index (χ0v) is 26.4. The number of hydrazone groups is 2. The fraction of sp³-hybridized carbons (Fsp3) is 0.200. The van der Waals surface area contributed by atoms with Crippen molar-refractivity contribution in [2.45, 2.75) is 27.1 Å². The third kappa shape index (κ3) is 8.80. The van der Waals surface area contributed by atoms with E-state index in [0.29, 0.717) is 52.9 Å². The van der Waals surface area contributed by atoms with Crippen molar-refractivity contribution < 1.29 is 38.1 Å². The first kappa shape index (κ1) is 33.4. The zero-order valence-electron chi connectivity index (χ0n) is 24.7. The monoisotopic (exact) mass is 666 g/mol. The number of fused-ring (bicyclic) bond motifs is 1. The number of hydrogen-bond acceptors (Lipinski definition) is 12. The second-order valence-electron chi connectivity index (χ2n) is 9.11. The third-order valence-corrected chi connectivity index (χ3v) is 8.48. The molecular weight excluding hydrogens is 636 g/mol. The van der Waals surface area contributed by atoms with Gasteiger partial charge in [0, 0.05) is 16.5 Å². The summed E-state index contributed by atoms with van der Waals surface area (Å²) in [7, 11) is 0. The molecule has 0 atom stereocenters. The molecule has 2 aromatic heterocycles. The number of nitrogens with one attached hydrogen (secondary N) is 2. The average Bonchev–Trinajstić information content (AvgIpc) is 3.57. The predicted molar refractivity (Wildman–Crippen MR) is 174 cm³/mol. The average molecular weight is 667 g/mol. The molecule has 0 aliphatic carbocycles. The number of esters is 2. The molecule has 2 aromatic carbocycles. The van der Waals surface area contributed by atoms with Gasteiger partial charge in [-0.15, -0.1) is 22.7 Å². The molecule has 46 heavy (non-hydrogen) atoms. The molecule has 0 spiro atoms. The Morgan fingerprint density at radius 2 is 1.09 bits per heavy atom. The van der Waals surface area contributed by atoms with Gasteiger partial charge in [0.1, 0.15) is 34.5 Å². The summed E-state index contributed by atoms with van der Waals surface area (Å²) in [4.78, 5) is 48.4. The molecule has 2 heterocycles. The number of rotatable bonds is 14.